The van der Waals surface area contributed by atoms with Crippen LogP contribution >= 0.6 is 0 Å². The van der Waals surface area contributed by atoms with Gasteiger partial charge in [-0.3, -0.25) is 19.2 Å². The first-order valence-corrected chi connectivity index (χ1v) is 18.4. The molecule has 4 aliphatic rings. The molecular weight excluding hydrogens is 660 g/mol. The lowest BCUT2D eigenvalue weighted by molar-refractivity contribution is -0.130. The first-order valence-electron chi connectivity index (χ1n) is 18.4. The molecule has 2 heterocycles. The summed E-state index contributed by atoms with van der Waals surface area (Å²) in [5, 5.41) is 11.3. The van der Waals surface area contributed by atoms with Gasteiger partial charge in [0.1, 0.15) is 35.2 Å². The predicted molar refractivity (Wildman–Crippen MR) is 188 cm³/mol. The van der Waals surface area contributed by atoms with Crippen molar-refractivity contribution in [2.75, 3.05) is 33.4 Å². The van der Waals surface area contributed by atoms with Crippen LogP contribution in [-0.2, 0) is 38.1 Å². The number of carbonyl (C=O) groups is 5. The molecule has 0 bridgehead atoms. The van der Waals surface area contributed by atoms with Gasteiger partial charge in [0.2, 0.25) is 17.7 Å². The van der Waals surface area contributed by atoms with Crippen molar-refractivity contribution >= 4 is 29.6 Å². The van der Waals surface area contributed by atoms with Crippen molar-refractivity contribution in [3.05, 3.63) is 11.6 Å². The number of epoxide rings is 2. The summed E-state index contributed by atoms with van der Waals surface area (Å²) >= 11 is 0. The number of hydrogen-bond donors (Lipinski definition) is 6. The number of nitrogens with one attached hydrogen (secondary N) is 6. The van der Waals surface area contributed by atoms with Gasteiger partial charge in [0.05, 0.1) is 38.3 Å². The molecule has 2 aliphatic heterocycles. The average molecular weight is 721 g/mol. The first-order chi connectivity index (χ1) is 24.2. The monoisotopic (exact) mass is 720 g/mol. The Bertz CT molecular complexity index is 1280. The van der Waals surface area contributed by atoms with E-state index in [9.17, 15) is 24.0 Å². The van der Waals surface area contributed by atoms with Crippen molar-refractivity contribution in [2.24, 2.45) is 11.8 Å². The quantitative estimate of drug-likeness (QED) is 0.0520. The molecule has 51 heavy (non-hydrogen) atoms. The molecule has 4 fully saturated rings. The Morgan fingerprint density at radius 1 is 0.902 bits per heavy atom. The van der Waals surface area contributed by atoms with E-state index < -0.39 is 35.7 Å². The lowest BCUT2D eigenvalue weighted by Gasteiger charge is -2.42. The van der Waals surface area contributed by atoms with Crippen LogP contribution < -0.4 is 32.1 Å². The molecule has 1 spiro atoms. The smallest absolute Gasteiger partial charge is 0.407 e. The van der Waals surface area contributed by atoms with Crippen molar-refractivity contribution in [1.29, 1.82) is 0 Å². The van der Waals surface area contributed by atoms with Crippen molar-refractivity contribution in [3.8, 4) is 0 Å². The summed E-state index contributed by atoms with van der Waals surface area (Å²) in [6.07, 6.45) is 6.31. The molecule has 2 aliphatic carbocycles. The number of alkyl carbamates (subject to hydrolysis) is 1. The Morgan fingerprint density at radius 3 is 2.14 bits per heavy atom. The van der Waals surface area contributed by atoms with Gasteiger partial charge < -0.3 is 40.2 Å². The van der Waals surface area contributed by atoms with E-state index >= 15 is 0 Å². The third kappa shape index (κ3) is 11.7. The summed E-state index contributed by atoms with van der Waals surface area (Å²) in [5.41, 5.74) is 5.82. The van der Waals surface area contributed by atoms with Crippen LogP contribution in [0.4, 0.5) is 4.79 Å². The van der Waals surface area contributed by atoms with Gasteiger partial charge in [-0.15, -0.1) is 0 Å². The summed E-state index contributed by atoms with van der Waals surface area (Å²) in [4.78, 5) is 62.0. The fraction of sp³-hybridized carbons (Fsp3) is 0.806. The molecule has 288 valence electrons. The number of hydrogen-bond acceptors (Lipinski definition) is 11. The highest BCUT2D eigenvalue weighted by Crippen LogP contribution is 2.59. The SMILES string of the molecule is COC1C(OC(=O)N[C@H]2CC[C@H](NC(=O)CNC(=O)[C@H](CC(C)C)NC(=O)CNNCC(C)=O)CC2)CC[C@]2(CO2)C1C1(C)O[C@@H]1CC=C(C)C. The number of hydrazine groups is 1. The fourth-order valence-corrected chi connectivity index (χ4v) is 7.64. The molecule has 0 aromatic rings. The topological polar surface area (TPSA) is 201 Å². The molecule has 7 atom stereocenters. The first kappa shape index (κ1) is 40.7. The van der Waals surface area contributed by atoms with E-state index in [-0.39, 0.29) is 73.1 Å². The van der Waals surface area contributed by atoms with Gasteiger partial charge in [-0.1, -0.05) is 25.5 Å². The lowest BCUT2D eigenvalue weighted by atomic mass is 9.68. The van der Waals surface area contributed by atoms with E-state index in [1.807, 2.05) is 13.8 Å². The standard InChI is InChI=1S/C36H60N6O9/c1-21(2)8-13-28-35(6,51-28)32-31(48-7)27(14-15-36(32)20-49-36)50-34(47)41-25-11-9-24(10-12-25)40-29(44)18-37-33(46)26(16-22(3)4)42-30(45)19-39-38-17-23(5)43/h8,22,24-28,31-32,38-39H,9-20H2,1-7H3,(H,37,46)(H,40,44)(H,41,47)(H,42,45)/t24-,25-,26-,27?,28+,31?,32?,35?,36-/m0/s1. The Morgan fingerprint density at radius 2 is 1.55 bits per heavy atom. The molecule has 4 rings (SSSR count). The highest BCUT2D eigenvalue weighted by molar-refractivity contribution is 5.91. The molecule has 15 nitrogen and oxygen atoms in total. The second-order valence-corrected chi connectivity index (χ2v) is 15.5. The van der Waals surface area contributed by atoms with E-state index in [1.165, 1.54) is 12.5 Å². The van der Waals surface area contributed by atoms with Gasteiger partial charge in [0.15, 0.2) is 0 Å². The number of rotatable bonds is 18. The molecule has 4 unspecified atom stereocenters. The number of ketones is 1. The van der Waals surface area contributed by atoms with Crippen LogP contribution in [-0.4, -0.2) is 111 Å². The minimum absolute atomic E-state index is 0.0509. The molecule has 2 saturated heterocycles. The third-order valence-electron chi connectivity index (χ3n) is 10.4. The average Bonchev–Trinajstić information content (AvgIpc) is 3.98. The predicted octanol–water partition coefficient (Wildman–Crippen LogP) is 1.55. The van der Waals surface area contributed by atoms with Crippen molar-refractivity contribution in [1.82, 2.24) is 32.1 Å². The molecule has 15 heteroatoms. The minimum Gasteiger partial charge on any atom is -0.443 e. The summed E-state index contributed by atoms with van der Waals surface area (Å²) in [7, 11) is 1.66. The Kier molecular flexibility index (Phi) is 14.4. The van der Waals surface area contributed by atoms with E-state index in [4.69, 9.17) is 18.9 Å². The maximum atomic E-state index is 13.1. The largest absolute Gasteiger partial charge is 0.443 e. The van der Waals surface area contributed by atoms with Crippen LogP contribution in [0.3, 0.4) is 0 Å². The van der Waals surface area contributed by atoms with Crippen LogP contribution in [0.25, 0.3) is 0 Å². The van der Waals surface area contributed by atoms with E-state index in [0.29, 0.717) is 45.1 Å². The number of carbonyl (C=O) groups excluding carboxylic acids is 5. The van der Waals surface area contributed by atoms with E-state index in [1.54, 1.807) is 7.11 Å². The molecule has 0 radical (unpaired) electrons. The number of amides is 4. The summed E-state index contributed by atoms with van der Waals surface area (Å²) in [6.45, 7) is 12.0. The van der Waals surface area contributed by atoms with Gasteiger partial charge in [-0.05, 0) is 85.0 Å². The Balaban J connectivity index is 1.17. The second-order valence-electron chi connectivity index (χ2n) is 15.5. The van der Waals surface area contributed by atoms with Crippen LogP contribution in [0.15, 0.2) is 11.6 Å². The van der Waals surface area contributed by atoms with Gasteiger partial charge in [-0.2, -0.15) is 0 Å². The second kappa shape index (κ2) is 18.1. The van der Waals surface area contributed by atoms with Crippen LogP contribution in [0.5, 0.6) is 0 Å². The zero-order valence-corrected chi connectivity index (χ0v) is 31.4. The maximum Gasteiger partial charge on any atom is 0.407 e. The Labute approximate surface area is 301 Å². The van der Waals surface area contributed by atoms with Gasteiger partial charge in [0.25, 0.3) is 0 Å². The molecule has 4 amide bonds. The summed E-state index contributed by atoms with van der Waals surface area (Å²) < 4.78 is 24.3. The highest BCUT2D eigenvalue weighted by atomic mass is 16.6. The van der Waals surface area contributed by atoms with Crippen molar-refractivity contribution < 1.29 is 42.9 Å². The highest BCUT2D eigenvalue weighted by Gasteiger charge is 2.72. The number of ether oxygens (including phenoxy) is 4. The molecule has 0 aromatic heterocycles. The number of Topliss-reactive ketones (excluding diaryl/α,β-unsaturated/α-hetero) is 1. The summed E-state index contributed by atoms with van der Waals surface area (Å²) in [6, 6.07) is -0.986. The number of methoxy groups -OCH3 is 1. The number of allylic oxidation sites excluding steroid dienone is 1. The van der Waals surface area contributed by atoms with Gasteiger partial charge in [-0.25, -0.2) is 15.6 Å². The molecule has 0 aromatic carbocycles. The fourth-order valence-electron chi connectivity index (χ4n) is 7.64. The Hall–Kier alpha value is -3.11. The minimum atomic E-state index is -0.808. The van der Waals surface area contributed by atoms with Crippen molar-refractivity contribution in [3.63, 3.8) is 0 Å². The normalized spacial score (nSPS) is 31.6. The van der Waals surface area contributed by atoms with Gasteiger partial charge >= 0.3 is 6.09 Å². The van der Waals surface area contributed by atoms with Crippen LogP contribution in [0.2, 0.25) is 0 Å². The molecule has 6 N–H and O–H groups in total. The maximum absolute atomic E-state index is 13.1. The third-order valence-corrected chi connectivity index (χ3v) is 10.4. The zero-order chi connectivity index (χ0) is 37.3. The van der Waals surface area contributed by atoms with Crippen LogP contribution in [0.1, 0.15) is 92.9 Å². The van der Waals surface area contributed by atoms with Gasteiger partial charge in [0, 0.05) is 19.2 Å². The summed E-state index contributed by atoms with van der Waals surface area (Å²) in [5.74, 6) is -1.20. The molecule has 2 saturated carbocycles. The van der Waals surface area contributed by atoms with Crippen molar-refractivity contribution in [2.45, 2.75) is 141 Å². The zero-order valence-electron chi connectivity index (χ0n) is 31.4. The molecular formula is C36H60N6O9. The van der Waals surface area contributed by atoms with E-state index in [0.717, 1.165) is 12.8 Å². The van der Waals surface area contributed by atoms with Crippen LogP contribution in [0, 0.1) is 11.8 Å². The van der Waals surface area contributed by atoms with E-state index in [2.05, 4.69) is 59.0 Å². The lowest BCUT2D eigenvalue weighted by Crippen LogP contribution is -2.56.